The monoisotopic (exact) mass is 228 g/mol. The van der Waals surface area contributed by atoms with Gasteiger partial charge in [-0.1, -0.05) is 11.6 Å². The van der Waals surface area contributed by atoms with Crippen LogP contribution in [0.2, 0.25) is 4.34 Å². The molecule has 7 heteroatoms. The molecule has 2 rings (SSSR count). The van der Waals surface area contributed by atoms with E-state index in [1.165, 1.54) is 28.7 Å². The fraction of sp³-hybridized carbons (Fsp3) is 0. The predicted molar refractivity (Wildman–Crippen MR) is 53.0 cm³/mol. The summed E-state index contributed by atoms with van der Waals surface area (Å²) in [4.78, 5) is 12.0. The van der Waals surface area contributed by atoms with Crippen molar-refractivity contribution in [3.63, 3.8) is 0 Å². The highest BCUT2D eigenvalue weighted by Gasteiger charge is 2.08. The Labute approximate surface area is 88.3 Å². The minimum absolute atomic E-state index is 0.235. The summed E-state index contributed by atoms with van der Waals surface area (Å²) < 4.78 is 1.95. The lowest BCUT2D eigenvalue weighted by Gasteiger charge is -2.00. The summed E-state index contributed by atoms with van der Waals surface area (Å²) in [7, 11) is 0. The Morgan fingerprint density at radius 3 is 2.71 bits per heavy atom. The van der Waals surface area contributed by atoms with Crippen LogP contribution in [0.15, 0.2) is 24.8 Å². The molecular weight excluding hydrogens is 224 g/mol. The normalized spacial score (nSPS) is 10.1. The molecular formula is C7H5ClN4OS. The van der Waals surface area contributed by atoms with Gasteiger partial charge in [-0.15, -0.1) is 21.5 Å². The molecule has 1 N–H and O–H groups in total. The maximum absolute atomic E-state index is 11.5. The molecule has 1 amide bonds. The standard InChI is InChI=1S/C7H5ClN4OS/c8-6-2-1-5(14-6)7(13)11-12-3-9-10-4-12/h1-4H,(H,11,13). The van der Waals surface area contributed by atoms with Crippen LogP contribution < -0.4 is 5.43 Å². The van der Waals surface area contributed by atoms with Crippen molar-refractivity contribution in [1.29, 1.82) is 0 Å². The number of halogens is 1. The lowest BCUT2D eigenvalue weighted by Crippen LogP contribution is -2.20. The SMILES string of the molecule is O=C(Nn1cnnc1)c1ccc(Cl)s1. The zero-order valence-electron chi connectivity index (χ0n) is 6.85. The number of carbonyl (C=O) groups is 1. The molecule has 0 saturated heterocycles. The van der Waals surface area contributed by atoms with E-state index in [0.717, 1.165) is 0 Å². The summed E-state index contributed by atoms with van der Waals surface area (Å²) in [6.07, 6.45) is 2.79. The van der Waals surface area contributed by atoms with Gasteiger partial charge in [0, 0.05) is 0 Å². The Balaban J connectivity index is 2.10. The van der Waals surface area contributed by atoms with Crippen molar-refractivity contribution in [3.05, 3.63) is 34.0 Å². The molecule has 0 radical (unpaired) electrons. The van der Waals surface area contributed by atoms with Crippen LogP contribution in [0.3, 0.4) is 0 Å². The van der Waals surface area contributed by atoms with Gasteiger partial charge >= 0.3 is 0 Å². The van der Waals surface area contributed by atoms with E-state index in [-0.39, 0.29) is 5.91 Å². The van der Waals surface area contributed by atoms with E-state index in [9.17, 15) is 4.79 Å². The third kappa shape index (κ3) is 1.91. The zero-order chi connectivity index (χ0) is 9.97. The van der Waals surface area contributed by atoms with Crippen molar-refractivity contribution in [1.82, 2.24) is 14.9 Å². The van der Waals surface area contributed by atoms with Crippen LogP contribution in [0.5, 0.6) is 0 Å². The number of aromatic nitrogens is 3. The van der Waals surface area contributed by atoms with E-state index >= 15 is 0 Å². The molecule has 72 valence electrons. The molecule has 14 heavy (non-hydrogen) atoms. The number of nitrogens with zero attached hydrogens (tertiary/aromatic N) is 3. The van der Waals surface area contributed by atoms with E-state index in [4.69, 9.17) is 11.6 Å². The fourth-order valence-corrected chi connectivity index (χ4v) is 1.80. The number of nitrogens with one attached hydrogen (secondary N) is 1. The van der Waals surface area contributed by atoms with Gasteiger partial charge in [0.2, 0.25) is 0 Å². The molecule has 0 aliphatic rings. The van der Waals surface area contributed by atoms with Crippen molar-refractivity contribution >= 4 is 28.8 Å². The van der Waals surface area contributed by atoms with E-state index in [1.54, 1.807) is 12.1 Å². The molecule has 0 saturated carbocycles. The average Bonchev–Trinajstić information content (AvgIpc) is 2.75. The topological polar surface area (TPSA) is 59.8 Å². The maximum Gasteiger partial charge on any atom is 0.280 e. The van der Waals surface area contributed by atoms with Gasteiger partial charge in [-0.05, 0) is 12.1 Å². The number of hydrogen-bond donors (Lipinski definition) is 1. The lowest BCUT2D eigenvalue weighted by molar-refractivity contribution is 0.101. The number of amides is 1. The highest BCUT2D eigenvalue weighted by Crippen LogP contribution is 2.21. The second-order valence-electron chi connectivity index (χ2n) is 2.41. The van der Waals surface area contributed by atoms with Crippen molar-refractivity contribution in [3.8, 4) is 0 Å². The number of hydrogen-bond acceptors (Lipinski definition) is 4. The van der Waals surface area contributed by atoms with Crippen molar-refractivity contribution in [2.24, 2.45) is 0 Å². The Kier molecular flexibility index (Phi) is 2.47. The first-order valence-electron chi connectivity index (χ1n) is 3.67. The Bertz CT molecular complexity index is 438. The Morgan fingerprint density at radius 2 is 2.14 bits per heavy atom. The van der Waals surface area contributed by atoms with Gasteiger partial charge in [0.1, 0.15) is 12.7 Å². The molecule has 0 unspecified atom stereocenters. The second-order valence-corrected chi connectivity index (χ2v) is 4.13. The summed E-state index contributed by atoms with van der Waals surface area (Å²) in [5, 5.41) is 7.10. The van der Waals surface area contributed by atoms with Crippen molar-refractivity contribution in [2.45, 2.75) is 0 Å². The van der Waals surface area contributed by atoms with Gasteiger partial charge in [0.05, 0.1) is 9.21 Å². The average molecular weight is 229 g/mol. The molecule has 0 bridgehead atoms. The third-order valence-corrected chi connectivity index (χ3v) is 2.68. The number of rotatable bonds is 2. The maximum atomic E-state index is 11.5. The summed E-state index contributed by atoms with van der Waals surface area (Å²) in [6.45, 7) is 0. The predicted octanol–water partition coefficient (Wildman–Crippen LogP) is 1.38. The Hall–Kier alpha value is -1.40. The summed E-state index contributed by atoms with van der Waals surface area (Å²) in [5.41, 5.74) is 2.56. The number of carbonyl (C=O) groups excluding carboxylic acids is 1. The summed E-state index contributed by atoms with van der Waals surface area (Å²) in [6, 6.07) is 3.33. The Morgan fingerprint density at radius 1 is 1.43 bits per heavy atom. The van der Waals surface area contributed by atoms with Crippen LogP contribution in [0.1, 0.15) is 9.67 Å². The second kappa shape index (κ2) is 3.77. The van der Waals surface area contributed by atoms with Gasteiger partial charge in [0.15, 0.2) is 0 Å². The minimum Gasteiger partial charge on any atom is -0.266 e. The molecule has 0 spiro atoms. The molecule has 0 aliphatic heterocycles. The largest absolute Gasteiger partial charge is 0.280 e. The van der Waals surface area contributed by atoms with E-state index < -0.39 is 0 Å². The quantitative estimate of drug-likeness (QED) is 0.845. The third-order valence-electron chi connectivity index (χ3n) is 1.45. The van der Waals surface area contributed by atoms with Gasteiger partial charge in [-0.25, -0.2) is 4.68 Å². The van der Waals surface area contributed by atoms with Crippen molar-refractivity contribution in [2.75, 3.05) is 5.43 Å². The van der Waals surface area contributed by atoms with Crippen LogP contribution in [-0.2, 0) is 0 Å². The molecule has 2 aromatic heterocycles. The first-order valence-corrected chi connectivity index (χ1v) is 4.86. The smallest absolute Gasteiger partial charge is 0.266 e. The van der Waals surface area contributed by atoms with Gasteiger partial charge < -0.3 is 0 Å². The van der Waals surface area contributed by atoms with Crippen LogP contribution in [0, 0.1) is 0 Å². The molecule has 0 fully saturated rings. The minimum atomic E-state index is -0.235. The number of thiophene rings is 1. The molecule has 2 heterocycles. The summed E-state index contributed by atoms with van der Waals surface area (Å²) in [5.74, 6) is -0.235. The highest BCUT2D eigenvalue weighted by molar-refractivity contribution is 7.18. The van der Waals surface area contributed by atoms with Crippen LogP contribution >= 0.6 is 22.9 Å². The molecule has 0 atom stereocenters. The first-order chi connectivity index (χ1) is 6.75. The van der Waals surface area contributed by atoms with Gasteiger partial charge in [0.25, 0.3) is 5.91 Å². The molecule has 0 aliphatic carbocycles. The molecule has 5 nitrogen and oxygen atoms in total. The van der Waals surface area contributed by atoms with E-state index in [1.807, 2.05) is 0 Å². The fourth-order valence-electron chi connectivity index (χ4n) is 0.867. The van der Waals surface area contributed by atoms with E-state index in [0.29, 0.717) is 9.21 Å². The van der Waals surface area contributed by atoms with Gasteiger partial charge in [-0.2, -0.15) is 0 Å². The van der Waals surface area contributed by atoms with Crippen LogP contribution in [-0.4, -0.2) is 20.8 Å². The molecule has 0 aromatic carbocycles. The van der Waals surface area contributed by atoms with Crippen LogP contribution in [0.4, 0.5) is 0 Å². The van der Waals surface area contributed by atoms with Crippen LogP contribution in [0.25, 0.3) is 0 Å². The first kappa shape index (κ1) is 9.17. The van der Waals surface area contributed by atoms with E-state index in [2.05, 4.69) is 15.6 Å². The highest BCUT2D eigenvalue weighted by atomic mass is 35.5. The van der Waals surface area contributed by atoms with Gasteiger partial charge in [-0.3, -0.25) is 10.2 Å². The summed E-state index contributed by atoms with van der Waals surface area (Å²) >= 11 is 6.91. The molecule has 2 aromatic rings. The lowest BCUT2D eigenvalue weighted by atomic mass is 10.4. The van der Waals surface area contributed by atoms with Crippen molar-refractivity contribution < 1.29 is 4.79 Å². The zero-order valence-corrected chi connectivity index (χ0v) is 8.42.